The summed E-state index contributed by atoms with van der Waals surface area (Å²) in [5.74, 6) is -0.331. The maximum absolute atomic E-state index is 13.3. The molecule has 1 fully saturated rings. The molecule has 0 amide bonds. The average Bonchev–Trinajstić information content (AvgIpc) is 3.18. The quantitative estimate of drug-likeness (QED) is 0.649. The molecule has 2 heterocycles. The van der Waals surface area contributed by atoms with Crippen LogP contribution in [-0.4, -0.2) is 53.2 Å². The maximum Gasteiger partial charge on any atom is 0.243 e. The van der Waals surface area contributed by atoms with Crippen molar-refractivity contribution in [3.8, 4) is 11.1 Å². The van der Waals surface area contributed by atoms with Crippen molar-refractivity contribution in [1.82, 2.24) is 9.29 Å². The molecule has 1 saturated heterocycles. The van der Waals surface area contributed by atoms with Gasteiger partial charge in [0.1, 0.15) is 5.82 Å². The Labute approximate surface area is 149 Å². The van der Waals surface area contributed by atoms with Crippen molar-refractivity contribution in [1.29, 1.82) is 0 Å². The van der Waals surface area contributed by atoms with Crippen molar-refractivity contribution in [3.05, 3.63) is 54.5 Å². The molecule has 4 rings (SSSR count). The number of benzene rings is 2. The van der Waals surface area contributed by atoms with Gasteiger partial charge in [-0.25, -0.2) is 12.8 Å². The number of aromatic nitrogens is 1. The van der Waals surface area contributed by atoms with Crippen LogP contribution in [0.15, 0.2) is 53.6 Å². The molecule has 0 spiro atoms. The second-order valence-corrected chi connectivity index (χ2v) is 8.31. The highest BCUT2D eigenvalue weighted by Gasteiger charge is 2.37. The lowest BCUT2D eigenvalue weighted by atomic mass is 10.1. The first-order valence-electron chi connectivity index (χ1n) is 8.09. The van der Waals surface area contributed by atoms with E-state index in [0.717, 1.165) is 20.8 Å². The summed E-state index contributed by atoms with van der Waals surface area (Å²) >= 11 is 0. The van der Waals surface area contributed by atoms with Crippen molar-refractivity contribution in [2.24, 2.45) is 0 Å². The molecule has 0 saturated carbocycles. The molecule has 2 aromatic carbocycles. The van der Waals surface area contributed by atoms with Crippen LogP contribution < -0.4 is 0 Å². The maximum atomic E-state index is 13.3. The van der Waals surface area contributed by atoms with Crippen LogP contribution in [0.5, 0.6) is 0 Å². The minimum Gasteiger partial charge on any atom is -0.389 e. The van der Waals surface area contributed by atoms with Gasteiger partial charge in [-0.3, -0.25) is 0 Å². The van der Waals surface area contributed by atoms with Crippen LogP contribution in [0.2, 0.25) is 0 Å². The Bertz CT molecular complexity index is 1050. The summed E-state index contributed by atoms with van der Waals surface area (Å²) in [6.45, 7) is -0.251. The number of fused-ring (bicyclic) bond motifs is 1. The van der Waals surface area contributed by atoms with E-state index in [1.165, 1.54) is 24.3 Å². The van der Waals surface area contributed by atoms with E-state index < -0.39 is 22.2 Å². The third kappa shape index (κ3) is 2.80. The van der Waals surface area contributed by atoms with Crippen molar-refractivity contribution >= 4 is 20.9 Å². The Hall–Kier alpha value is -2.26. The number of rotatable bonds is 3. The van der Waals surface area contributed by atoms with Gasteiger partial charge in [-0.15, -0.1) is 0 Å². The zero-order valence-electron chi connectivity index (χ0n) is 13.6. The second-order valence-electron chi connectivity index (χ2n) is 6.37. The molecular weight excluding hydrogens is 359 g/mol. The van der Waals surface area contributed by atoms with Crippen LogP contribution >= 0.6 is 0 Å². The summed E-state index contributed by atoms with van der Waals surface area (Å²) in [6.07, 6.45) is -0.396. The zero-order valence-corrected chi connectivity index (χ0v) is 14.4. The predicted octanol–water partition coefficient (Wildman–Crippen LogP) is 1.70. The van der Waals surface area contributed by atoms with E-state index in [2.05, 4.69) is 4.98 Å². The first kappa shape index (κ1) is 17.2. The van der Waals surface area contributed by atoms with Gasteiger partial charge in [0, 0.05) is 35.8 Å². The number of halogens is 1. The molecular formula is C18H17FN2O4S. The topological polar surface area (TPSA) is 93.6 Å². The fourth-order valence-corrected chi connectivity index (χ4v) is 4.70. The number of sulfonamides is 1. The van der Waals surface area contributed by atoms with Gasteiger partial charge in [0.05, 0.1) is 17.1 Å². The van der Waals surface area contributed by atoms with Crippen molar-refractivity contribution in [3.63, 3.8) is 0 Å². The summed E-state index contributed by atoms with van der Waals surface area (Å²) in [5.41, 5.74) is 2.30. The number of aliphatic hydroxyl groups excluding tert-OH is 2. The van der Waals surface area contributed by atoms with Crippen molar-refractivity contribution in [2.45, 2.75) is 17.1 Å². The minimum atomic E-state index is -3.78. The summed E-state index contributed by atoms with van der Waals surface area (Å²) in [7, 11) is -3.78. The standard InChI is InChI=1S/C18H17FN2O4S/c19-12-3-6-14-15(8-20-16(14)7-12)11-1-4-13(5-2-11)26(24,25)21-9-17(22)18(23)10-21/h1-8,17-18,20,22-23H,9-10H2. The fraction of sp³-hybridized carbons (Fsp3) is 0.222. The van der Waals surface area contributed by atoms with Crippen LogP contribution in [0, 0.1) is 5.82 Å². The predicted molar refractivity (Wildman–Crippen MR) is 94.5 cm³/mol. The minimum absolute atomic E-state index is 0.0911. The molecule has 1 aliphatic rings. The molecule has 26 heavy (non-hydrogen) atoms. The molecule has 3 N–H and O–H groups in total. The monoisotopic (exact) mass is 376 g/mol. The van der Waals surface area contributed by atoms with Gasteiger partial charge < -0.3 is 15.2 Å². The van der Waals surface area contributed by atoms with E-state index in [-0.39, 0.29) is 23.8 Å². The summed E-state index contributed by atoms with van der Waals surface area (Å²) in [5, 5.41) is 20.0. The fourth-order valence-electron chi connectivity index (χ4n) is 3.22. The average molecular weight is 376 g/mol. The number of hydrogen-bond acceptors (Lipinski definition) is 4. The van der Waals surface area contributed by atoms with E-state index in [0.29, 0.717) is 5.52 Å². The first-order valence-corrected chi connectivity index (χ1v) is 9.53. The van der Waals surface area contributed by atoms with Gasteiger partial charge in [0.15, 0.2) is 0 Å². The van der Waals surface area contributed by atoms with Crippen molar-refractivity contribution < 1.29 is 23.0 Å². The number of hydrogen-bond donors (Lipinski definition) is 3. The highest BCUT2D eigenvalue weighted by molar-refractivity contribution is 7.89. The Balaban J connectivity index is 1.66. The van der Waals surface area contributed by atoms with Gasteiger partial charge in [0.25, 0.3) is 0 Å². The van der Waals surface area contributed by atoms with Gasteiger partial charge in [0.2, 0.25) is 10.0 Å². The molecule has 2 atom stereocenters. The van der Waals surface area contributed by atoms with E-state index in [1.54, 1.807) is 24.4 Å². The second kappa shape index (κ2) is 6.17. The van der Waals surface area contributed by atoms with Crippen LogP contribution in [0.25, 0.3) is 22.0 Å². The normalized spacial score (nSPS) is 21.5. The molecule has 3 aromatic rings. The van der Waals surface area contributed by atoms with Crippen LogP contribution in [0.1, 0.15) is 0 Å². The number of aliphatic hydroxyl groups is 2. The zero-order chi connectivity index (χ0) is 18.5. The molecule has 6 nitrogen and oxygen atoms in total. The Morgan fingerprint density at radius 2 is 1.69 bits per heavy atom. The molecule has 0 radical (unpaired) electrons. The lowest BCUT2D eigenvalue weighted by Crippen LogP contribution is -2.29. The van der Waals surface area contributed by atoms with Gasteiger partial charge >= 0.3 is 0 Å². The lowest BCUT2D eigenvalue weighted by Gasteiger charge is -2.15. The summed E-state index contributed by atoms with van der Waals surface area (Å²) in [6, 6.07) is 10.8. The van der Waals surface area contributed by atoms with Crippen molar-refractivity contribution in [2.75, 3.05) is 13.1 Å². The van der Waals surface area contributed by atoms with E-state index in [4.69, 9.17) is 0 Å². The number of nitrogens with one attached hydrogen (secondary N) is 1. The van der Waals surface area contributed by atoms with Gasteiger partial charge in [-0.05, 0) is 35.9 Å². The first-order chi connectivity index (χ1) is 12.4. The SMILES string of the molecule is O=S(=O)(c1ccc(-c2c[nH]c3cc(F)ccc23)cc1)N1CC(O)C(O)C1. The molecule has 8 heteroatoms. The Morgan fingerprint density at radius 1 is 1.04 bits per heavy atom. The van der Waals surface area contributed by atoms with Crippen LogP contribution in [0.3, 0.4) is 0 Å². The number of aromatic amines is 1. The molecule has 0 bridgehead atoms. The largest absolute Gasteiger partial charge is 0.389 e. The third-order valence-electron chi connectivity index (χ3n) is 4.67. The number of β-amino-alcohol motifs (C(OH)–C–C–N with tert-alkyl or cyclic N) is 2. The van der Waals surface area contributed by atoms with E-state index >= 15 is 0 Å². The number of nitrogens with zero attached hydrogens (tertiary/aromatic N) is 1. The van der Waals surface area contributed by atoms with Crippen LogP contribution in [-0.2, 0) is 10.0 Å². The Kier molecular flexibility index (Phi) is 4.07. The van der Waals surface area contributed by atoms with Crippen LogP contribution in [0.4, 0.5) is 4.39 Å². The molecule has 2 unspecified atom stereocenters. The van der Waals surface area contributed by atoms with Gasteiger partial charge in [-0.1, -0.05) is 12.1 Å². The highest BCUT2D eigenvalue weighted by atomic mass is 32.2. The number of H-pyrrole nitrogens is 1. The molecule has 1 aromatic heterocycles. The molecule has 136 valence electrons. The third-order valence-corrected chi connectivity index (χ3v) is 6.52. The Morgan fingerprint density at radius 3 is 2.35 bits per heavy atom. The van der Waals surface area contributed by atoms with Gasteiger partial charge in [-0.2, -0.15) is 4.31 Å². The summed E-state index contributed by atoms with van der Waals surface area (Å²) in [4.78, 5) is 3.10. The summed E-state index contributed by atoms with van der Waals surface area (Å²) < 4.78 is 39.6. The van der Waals surface area contributed by atoms with E-state index in [1.807, 2.05) is 0 Å². The molecule has 0 aliphatic carbocycles. The highest BCUT2D eigenvalue weighted by Crippen LogP contribution is 2.30. The lowest BCUT2D eigenvalue weighted by molar-refractivity contribution is 0.0572. The smallest absolute Gasteiger partial charge is 0.243 e. The van der Waals surface area contributed by atoms with E-state index in [9.17, 15) is 23.0 Å². The molecule has 1 aliphatic heterocycles.